The molecule has 11 heteroatoms. The first-order valence-corrected chi connectivity index (χ1v) is 12.6. The van der Waals surface area contributed by atoms with Crippen molar-refractivity contribution in [2.75, 3.05) is 64.2 Å². The first kappa shape index (κ1) is 26.1. The van der Waals surface area contributed by atoms with E-state index in [1.807, 2.05) is 0 Å². The van der Waals surface area contributed by atoms with E-state index in [9.17, 15) is 19.2 Å². The molecular formula is C20H32N2O7S2. The molecule has 2 atom stereocenters. The molecule has 0 saturated carbocycles. The Morgan fingerprint density at radius 3 is 1.45 bits per heavy atom. The molecule has 2 unspecified atom stereocenters. The molecule has 2 saturated heterocycles. The van der Waals surface area contributed by atoms with Crippen molar-refractivity contribution in [1.29, 1.82) is 0 Å². The third-order valence-electron chi connectivity index (χ3n) is 4.73. The van der Waals surface area contributed by atoms with Crippen molar-refractivity contribution in [2.45, 2.75) is 25.7 Å². The molecule has 2 amide bonds. The van der Waals surface area contributed by atoms with E-state index in [0.717, 1.165) is 12.8 Å². The van der Waals surface area contributed by atoms with Crippen molar-refractivity contribution < 1.29 is 33.4 Å². The number of thioether (sulfide) groups is 2. The number of nitrogens with one attached hydrogen (secondary N) is 2. The van der Waals surface area contributed by atoms with Gasteiger partial charge in [0.25, 0.3) is 0 Å². The fourth-order valence-electron chi connectivity index (χ4n) is 2.96. The summed E-state index contributed by atoms with van der Waals surface area (Å²) < 4.78 is 16.3. The lowest BCUT2D eigenvalue weighted by Crippen LogP contribution is -2.32. The Morgan fingerprint density at radius 2 is 1.10 bits per heavy atom. The quantitative estimate of drug-likeness (QED) is 0.309. The fourth-order valence-corrected chi connectivity index (χ4v) is 4.91. The third-order valence-corrected chi connectivity index (χ3v) is 6.85. The van der Waals surface area contributed by atoms with E-state index in [2.05, 4.69) is 10.6 Å². The van der Waals surface area contributed by atoms with Gasteiger partial charge in [-0.05, 0) is 12.8 Å². The maximum absolute atomic E-state index is 11.8. The number of amides is 2. The van der Waals surface area contributed by atoms with Gasteiger partial charge in [-0.15, -0.1) is 0 Å². The van der Waals surface area contributed by atoms with Crippen LogP contribution in [0.3, 0.4) is 0 Å². The molecule has 176 valence electrons. The van der Waals surface area contributed by atoms with Gasteiger partial charge < -0.3 is 24.8 Å². The molecule has 0 aromatic rings. The summed E-state index contributed by atoms with van der Waals surface area (Å²) in [6.07, 6.45) is 2.12. The van der Waals surface area contributed by atoms with Gasteiger partial charge in [-0.1, -0.05) is 23.5 Å². The zero-order valence-corrected chi connectivity index (χ0v) is 19.4. The van der Waals surface area contributed by atoms with Crippen molar-refractivity contribution in [1.82, 2.24) is 10.6 Å². The first-order valence-electron chi connectivity index (χ1n) is 10.7. The molecule has 0 aliphatic carbocycles. The lowest BCUT2D eigenvalue weighted by Gasteiger charge is -2.10. The molecule has 31 heavy (non-hydrogen) atoms. The summed E-state index contributed by atoms with van der Waals surface area (Å²) in [5.74, 6) is 0.706. The summed E-state index contributed by atoms with van der Waals surface area (Å²) >= 11 is 2.46. The number of hydrogen-bond acceptors (Lipinski definition) is 9. The van der Waals surface area contributed by atoms with Gasteiger partial charge in [0.05, 0.1) is 38.3 Å². The van der Waals surface area contributed by atoms with Crippen LogP contribution in [0.5, 0.6) is 0 Å². The fraction of sp³-hybridized carbons (Fsp3) is 0.800. The molecule has 2 aliphatic rings. The minimum absolute atomic E-state index is 0.0477. The molecule has 0 bridgehead atoms. The predicted molar refractivity (Wildman–Crippen MR) is 119 cm³/mol. The molecule has 0 spiro atoms. The maximum Gasteiger partial charge on any atom is 0.224 e. The zero-order valence-electron chi connectivity index (χ0n) is 17.7. The largest absolute Gasteiger partial charge is 0.379 e. The normalized spacial score (nSPS) is 20.9. The lowest BCUT2D eigenvalue weighted by atomic mass is 10.1. The maximum atomic E-state index is 11.8. The van der Waals surface area contributed by atoms with E-state index < -0.39 is 0 Å². The average molecular weight is 477 g/mol. The van der Waals surface area contributed by atoms with Crippen LogP contribution >= 0.6 is 23.5 Å². The van der Waals surface area contributed by atoms with E-state index in [1.54, 1.807) is 0 Å². The molecule has 0 radical (unpaired) electrons. The second-order valence-electron chi connectivity index (χ2n) is 7.29. The molecule has 0 aromatic carbocycles. The van der Waals surface area contributed by atoms with E-state index in [4.69, 9.17) is 14.2 Å². The van der Waals surface area contributed by atoms with Crippen molar-refractivity contribution in [3.05, 3.63) is 0 Å². The van der Waals surface area contributed by atoms with Crippen molar-refractivity contribution in [3.8, 4) is 0 Å². The van der Waals surface area contributed by atoms with Gasteiger partial charge in [0.1, 0.15) is 0 Å². The minimum Gasteiger partial charge on any atom is -0.379 e. The van der Waals surface area contributed by atoms with E-state index >= 15 is 0 Å². The second-order valence-corrected chi connectivity index (χ2v) is 9.45. The van der Waals surface area contributed by atoms with Crippen LogP contribution in [0.1, 0.15) is 25.7 Å². The smallest absolute Gasteiger partial charge is 0.224 e. The van der Waals surface area contributed by atoms with Gasteiger partial charge in [-0.3, -0.25) is 19.2 Å². The van der Waals surface area contributed by atoms with Crippen molar-refractivity contribution >= 4 is 45.6 Å². The Balaban J connectivity index is 1.27. The highest BCUT2D eigenvalue weighted by atomic mass is 32.2. The highest BCUT2D eigenvalue weighted by Crippen LogP contribution is 2.25. The monoisotopic (exact) mass is 476 g/mol. The van der Waals surface area contributed by atoms with Crippen LogP contribution in [0.4, 0.5) is 0 Å². The topological polar surface area (TPSA) is 120 Å². The molecule has 2 aliphatic heterocycles. The van der Waals surface area contributed by atoms with Gasteiger partial charge in [-0.2, -0.15) is 0 Å². The van der Waals surface area contributed by atoms with Gasteiger partial charge in [-0.25, -0.2) is 0 Å². The summed E-state index contributed by atoms with van der Waals surface area (Å²) in [6, 6.07) is 0. The number of hydrogen-bond donors (Lipinski definition) is 2. The zero-order chi connectivity index (χ0) is 22.3. The molecular weight excluding hydrogens is 444 g/mol. The average Bonchev–Trinajstić information content (AvgIpc) is 3.39. The number of carbonyl (C=O) groups excluding carboxylic acids is 4. The molecule has 2 fully saturated rings. The van der Waals surface area contributed by atoms with Crippen LogP contribution < -0.4 is 10.6 Å². The second kappa shape index (κ2) is 15.6. The Morgan fingerprint density at radius 1 is 0.710 bits per heavy atom. The summed E-state index contributed by atoms with van der Waals surface area (Å²) in [5, 5.41) is 5.86. The minimum atomic E-state index is -0.184. The van der Waals surface area contributed by atoms with Crippen LogP contribution in [0.2, 0.25) is 0 Å². The SMILES string of the molecule is O=C1CC(C(=O)NCCCOCCOCCOCCCNC(=O)C2CSC(=O)C2)CS1. The Bertz CT molecular complexity index is 556. The summed E-state index contributed by atoms with van der Waals surface area (Å²) in [7, 11) is 0. The van der Waals surface area contributed by atoms with Crippen LogP contribution in [-0.4, -0.2) is 86.3 Å². The molecule has 9 nitrogen and oxygen atoms in total. The van der Waals surface area contributed by atoms with Crippen LogP contribution in [0.25, 0.3) is 0 Å². The van der Waals surface area contributed by atoms with Gasteiger partial charge in [0.15, 0.2) is 10.2 Å². The number of carbonyl (C=O) groups is 4. The lowest BCUT2D eigenvalue weighted by molar-refractivity contribution is -0.126. The van der Waals surface area contributed by atoms with Crippen LogP contribution in [0.15, 0.2) is 0 Å². The number of rotatable bonds is 16. The number of ether oxygens (including phenoxy) is 3. The van der Waals surface area contributed by atoms with Gasteiger partial charge in [0.2, 0.25) is 11.8 Å². The molecule has 2 rings (SSSR count). The van der Waals surface area contributed by atoms with E-state index in [1.165, 1.54) is 23.5 Å². The molecule has 2 N–H and O–H groups in total. The molecule has 0 aromatic heterocycles. The van der Waals surface area contributed by atoms with Gasteiger partial charge >= 0.3 is 0 Å². The van der Waals surface area contributed by atoms with Crippen molar-refractivity contribution in [2.24, 2.45) is 11.8 Å². The Kier molecular flexibility index (Phi) is 13.2. The summed E-state index contributed by atoms with van der Waals surface area (Å²) in [6.45, 7) is 4.08. The summed E-state index contributed by atoms with van der Waals surface area (Å²) in [5.41, 5.74) is 0. The van der Waals surface area contributed by atoms with Crippen LogP contribution in [0, 0.1) is 11.8 Å². The van der Waals surface area contributed by atoms with Gasteiger partial charge in [0, 0.05) is 50.7 Å². The van der Waals surface area contributed by atoms with Crippen molar-refractivity contribution in [3.63, 3.8) is 0 Å². The Hall–Kier alpha value is -1.14. The molecule has 2 heterocycles. The summed E-state index contributed by atoms with van der Waals surface area (Å²) in [4.78, 5) is 46.0. The van der Waals surface area contributed by atoms with E-state index in [-0.39, 0.29) is 33.9 Å². The Labute approximate surface area is 191 Å². The van der Waals surface area contributed by atoms with Crippen LogP contribution in [-0.2, 0) is 33.4 Å². The standard InChI is InChI=1S/C20H32N2O7S2/c23-17-11-15(13-30-17)19(25)21-3-1-5-27-7-9-29-10-8-28-6-2-4-22-20(26)16-12-18(24)31-14-16/h15-16H,1-14H2,(H,21,25)(H,22,26). The predicted octanol–water partition coefficient (Wildman–Crippen LogP) is 0.608. The third kappa shape index (κ3) is 11.3. The highest BCUT2D eigenvalue weighted by molar-refractivity contribution is 8.14. The first-order chi connectivity index (χ1) is 15.1. The van der Waals surface area contributed by atoms with E-state index in [0.29, 0.717) is 77.1 Å². The highest BCUT2D eigenvalue weighted by Gasteiger charge is 2.29.